The molecular formula is C18H22O5. The van der Waals surface area contributed by atoms with E-state index in [2.05, 4.69) is 0 Å². The van der Waals surface area contributed by atoms with Crippen molar-refractivity contribution in [2.45, 2.75) is 53.2 Å². The number of rotatable bonds is 4. The normalized spacial score (nSPS) is 14.9. The van der Waals surface area contributed by atoms with Gasteiger partial charge in [-0.05, 0) is 46.8 Å². The van der Waals surface area contributed by atoms with Crippen LogP contribution in [0.15, 0.2) is 12.1 Å². The van der Waals surface area contributed by atoms with E-state index in [9.17, 15) is 9.59 Å². The van der Waals surface area contributed by atoms with Crippen molar-refractivity contribution in [3.05, 3.63) is 23.3 Å². The first-order chi connectivity index (χ1) is 10.6. The molecule has 0 aromatic heterocycles. The highest BCUT2D eigenvalue weighted by Crippen LogP contribution is 2.44. The summed E-state index contributed by atoms with van der Waals surface area (Å²) >= 11 is 0. The van der Waals surface area contributed by atoms with Gasteiger partial charge in [-0.1, -0.05) is 0 Å². The summed E-state index contributed by atoms with van der Waals surface area (Å²) < 4.78 is 17.0. The van der Waals surface area contributed by atoms with Crippen LogP contribution < -0.4 is 14.2 Å². The van der Waals surface area contributed by atoms with Gasteiger partial charge in [0.05, 0.1) is 11.7 Å². The Labute approximate surface area is 136 Å². The lowest BCUT2D eigenvalue weighted by Crippen LogP contribution is -2.28. The minimum Gasteiger partial charge on any atom is -0.489 e. The Morgan fingerprint density at radius 2 is 1.87 bits per heavy atom. The number of hydrogen-bond acceptors (Lipinski definition) is 5. The number of carbonyl (C=O) groups is 2. The van der Waals surface area contributed by atoms with E-state index >= 15 is 0 Å². The van der Waals surface area contributed by atoms with Gasteiger partial charge >= 0.3 is 5.97 Å². The van der Waals surface area contributed by atoms with E-state index in [-0.39, 0.29) is 23.2 Å². The quantitative estimate of drug-likeness (QED) is 0.480. The molecule has 1 aliphatic rings. The van der Waals surface area contributed by atoms with Crippen molar-refractivity contribution < 1.29 is 23.8 Å². The van der Waals surface area contributed by atoms with E-state index in [4.69, 9.17) is 14.2 Å². The molecule has 1 aromatic carbocycles. The minimum absolute atomic E-state index is 0.145. The Kier molecular flexibility index (Phi) is 4.50. The number of Topliss-reactive ketones (excluding diaryl/α,β-unsaturated/α-hetero) is 1. The first kappa shape index (κ1) is 17.1. The molecule has 1 aromatic rings. The molecule has 2 rings (SSSR count). The van der Waals surface area contributed by atoms with Gasteiger partial charge in [0, 0.05) is 13.0 Å². The molecule has 0 N–H and O–H groups in total. The lowest BCUT2D eigenvalue weighted by molar-refractivity contribution is -0.131. The largest absolute Gasteiger partial charge is 0.489 e. The van der Waals surface area contributed by atoms with Gasteiger partial charge < -0.3 is 14.2 Å². The molecular weight excluding hydrogens is 296 g/mol. The zero-order valence-corrected chi connectivity index (χ0v) is 14.4. The average Bonchev–Trinajstić information content (AvgIpc) is 2.34. The smallest absolute Gasteiger partial charge is 0.308 e. The number of carbonyl (C=O) groups excluding carboxylic acids is 2. The number of benzene rings is 1. The molecule has 0 saturated heterocycles. The molecule has 1 heterocycles. The van der Waals surface area contributed by atoms with E-state index in [0.29, 0.717) is 17.1 Å². The third-order valence-corrected chi connectivity index (χ3v) is 3.23. The van der Waals surface area contributed by atoms with E-state index in [1.54, 1.807) is 6.07 Å². The van der Waals surface area contributed by atoms with Gasteiger partial charge in [0.2, 0.25) is 0 Å². The third kappa shape index (κ3) is 3.73. The van der Waals surface area contributed by atoms with Crippen LogP contribution in [-0.4, -0.2) is 23.5 Å². The van der Waals surface area contributed by atoms with Gasteiger partial charge in [-0.15, -0.1) is 0 Å². The van der Waals surface area contributed by atoms with E-state index in [1.165, 1.54) is 13.8 Å². The molecule has 0 amide bonds. The van der Waals surface area contributed by atoms with Gasteiger partial charge in [-0.25, -0.2) is 0 Å². The van der Waals surface area contributed by atoms with Crippen molar-refractivity contribution in [2.75, 3.05) is 0 Å². The summed E-state index contributed by atoms with van der Waals surface area (Å²) in [7, 11) is 0. The molecule has 0 aliphatic carbocycles. The van der Waals surface area contributed by atoms with E-state index in [0.717, 1.165) is 0 Å². The van der Waals surface area contributed by atoms with Crippen LogP contribution in [0.5, 0.6) is 17.2 Å². The highest BCUT2D eigenvalue weighted by molar-refractivity contribution is 6.02. The van der Waals surface area contributed by atoms with Crippen LogP contribution in [0.25, 0.3) is 6.08 Å². The van der Waals surface area contributed by atoms with E-state index in [1.807, 2.05) is 39.8 Å². The molecule has 124 valence electrons. The Morgan fingerprint density at radius 3 is 2.39 bits per heavy atom. The maximum atomic E-state index is 12.1. The highest BCUT2D eigenvalue weighted by Gasteiger charge is 2.30. The van der Waals surface area contributed by atoms with Gasteiger partial charge in [-0.3, -0.25) is 9.59 Å². The number of ketones is 1. The molecule has 23 heavy (non-hydrogen) atoms. The topological polar surface area (TPSA) is 61.8 Å². The Hall–Kier alpha value is -2.30. The molecule has 0 atom stereocenters. The first-order valence-electron chi connectivity index (χ1n) is 7.56. The Bertz CT molecular complexity index is 683. The second kappa shape index (κ2) is 6.07. The van der Waals surface area contributed by atoms with Crippen molar-refractivity contribution in [1.82, 2.24) is 0 Å². The van der Waals surface area contributed by atoms with E-state index < -0.39 is 11.6 Å². The Morgan fingerprint density at radius 1 is 1.22 bits per heavy atom. The van der Waals surface area contributed by atoms with Gasteiger partial charge in [0.15, 0.2) is 5.78 Å². The average molecular weight is 318 g/mol. The number of hydrogen-bond donors (Lipinski definition) is 0. The SMILES string of the molecule is CC(=O)Oc1cc2c(c(OC(C)C)c1C(C)=O)C=CC(C)(C)O2. The Balaban J connectivity index is 2.73. The monoisotopic (exact) mass is 318 g/mol. The lowest BCUT2D eigenvalue weighted by Gasteiger charge is -2.30. The summed E-state index contributed by atoms with van der Waals surface area (Å²) in [5.74, 6) is 0.319. The van der Waals surface area contributed by atoms with Crippen LogP contribution >= 0.6 is 0 Å². The zero-order valence-electron chi connectivity index (χ0n) is 14.4. The molecule has 0 unspecified atom stereocenters. The molecule has 0 radical (unpaired) electrons. The summed E-state index contributed by atoms with van der Waals surface area (Å²) in [5.41, 5.74) is 0.438. The van der Waals surface area contributed by atoms with Crippen LogP contribution in [0, 0.1) is 0 Å². The third-order valence-electron chi connectivity index (χ3n) is 3.23. The van der Waals surface area contributed by atoms with Crippen LogP contribution in [0.4, 0.5) is 0 Å². The second-order valence-electron chi connectivity index (χ2n) is 6.35. The number of fused-ring (bicyclic) bond motifs is 1. The van der Waals surface area contributed by atoms with Crippen molar-refractivity contribution >= 4 is 17.8 Å². The maximum absolute atomic E-state index is 12.1. The van der Waals surface area contributed by atoms with Crippen LogP contribution in [-0.2, 0) is 4.79 Å². The van der Waals surface area contributed by atoms with Crippen LogP contribution in [0.3, 0.4) is 0 Å². The van der Waals surface area contributed by atoms with Crippen molar-refractivity contribution in [3.63, 3.8) is 0 Å². The molecule has 0 spiro atoms. The predicted octanol–water partition coefficient (Wildman–Crippen LogP) is 3.79. The molecule has 0 saturated carbocycles. The van der Waals surface area contributed by atoms with Gasteiger partial charge in [-0.2, -0.15) is 0 Å². The second-order valence-corrected chi connectivity index (χ2v) is 6.35. The molecule has 5 nitrogen and oxygen atoms in total. The lowest BCUT2D eigenvalue weighted by atomic mass is 9.97. The summed E-state index contributed by atoms with van der Waals surface area (Å²) in [6.45, 7) is 10.3. The molecule has 0 fully saturated rings. The van der Waals surface area contributed by atoms with Crippen LogP contribution in [0.1, 0.15) is 57.5 Å². The molecule has 1 aliphatic heterocycles. The fourth-order valence-corrected chi connectivity index (χ4v) is 2.40. The molecule has 5 heteroatoms. The maximum Gasteiger partial charge on any atom is 0.308 e. The highest BCUT2D eigenvalue weighted by atomic mass is 16.5. The predicted molar refractivity (Wildman–Crippen MR) is 87.3 cm³/mol. The van der Waals surface area contributed by atoms with Crippen molar-refractivity contribution in [1.29, 1.82) is 0 Å². The fourth-order valence-electron chi connectivity index (χ4n) is 2.40. The van der Waals surface area contributed by atoms with Crippen LogP contribution in [0.2, 0.25) is 0 Å². The summed E-state index contributed by atoms with van der Waals surface area (Å²) in [4.78, 5) is 23.5. The standard InChI is InChI=1S/C18H22O5/c1-10(2)21-17-13-7-8-18(5,6)23-14(13)9-15(22-12(4)20)16(17)11(3)19/h7-10H,1-6H3. The minimum atomic E-state index is -0.506. The van der Waals surface area contributed by atoms with Crippen molar-refractivity contribution in [3.8, 4) is 17.2 Å². The summed E-state index contributed by atoms with van der Waals surface area (Å²) in [6.07, 6.45) is 3.63. The number of ether oxygens (including phenoxy) is 3. The number of esters is 1. The first-order valence-corrected chi connectivity index (χ1v) is 7.56. The summed E-state index contributed by atoms with van der Waals surface area (Å²) in [6, 6.07) is 1.58. The molecule has 0 bridgehead atoms. The zero-order chi connectivity index (χ0) is 17.4. The fraction of sp³-hybridized carbons (Fsp3) is 0.444. The van der Waals surface area contributed by atoms with Gasteiger partial charge in [0.1, 0.15) is 28.4 Å². The van der Waals surface area contributed by atoms with Crippen molar-refractivity contribution in [2.24, 2.45) is 0 Å². The summed E-state index contributed by atoms with van der Waals surface area (Å²) in [5, 5.41) is 0. The van der Waals surface area contributed by atoms with Gasteiger partial charge in [0.25, 0.3) is 0 Å².